The zero-order valence-electron chi connectivity index (χ0n) is 13.2. The molecule has 24 heavy (non-hydrogen) atoms. The molecule has 0 saturated heterocycles. The average Bonchev–Trinajstić information content (AvgIpc) is 2.95. The fourth-order valence-electron chi connectivity index (χ4n) is 2.21. The predicted octanol–water partition coefficient (Wildman–Crippen LogP) is 0.466. The lowest BCUT2D eigenvalue weighted by Crippen LogP contribution is -2.18. The standard InChI is InChI=1S/C14H17N7O2S/c1-16-24(22,23)10-5-3-9(4-6-10)7-17-14-19-12(15)11-8-18-21(2)13(11)20-14/h3-6,8,16H,7H2,1-2H3,(H3,15,17,19,20). The molecule has 0 unspecified atom stereocenters. The zero-order valence-corrected chi connectivity index (χ0v) is 14.0. The normalized spacial score (nSPS) is 11.8. The summed E-state index contributed by atoms with van der Waals surface area (Å²) in [4.78, 5) is 8.78. The first-order valence-electron chi connectivity index (χ1n) is 7.12. The molecule has 0 saturated carbocycles. The number of hydrogen-bond donors (Lipinski definition) is 3. The predicted molar refractivity (Wildman–Crippen MR) is 90.7 cm³/mol. The summed E-state index contributed by atoms with van der Waals surface area (Å²) in [7, 11) is -0.278. The van der Waals surface area contributed by atoms with Crippen molar-refractivity contribution in [3.63, 3.8) is 0 Å². The van der Waals surface area contributed by atoms with Gasteiger partial charge in [-0.25, -0.2) is 13.1 Å². The van der Waals surface area contributed by atoms with Crippen molar-refractivity contribution in [1.29, 1.82) is 0 Å². The first-order chi connectivity index (χ1) is 11.4. The van der Waals surface area contributed by atoms with Crippen molar-refractivity contribution in [3.8, 4) is 0 Å². The third kappa shape index (κ3) is 3.01. The van der Waals surface area contributed by atoms with Gasteiger partial charge in [0.1, 0.15) is 5.82 Å². The molecule has 9 nitrogen and oxygen atoms in total. The molecule has 10 heteroatoms. The fourth-order valence-corrected chi connectivity index (χ4v) is 2.94. The minimum Gasteiger partial charge on any atom is -0.383 e. The van der Waals surface area contributed by atoms with Crippen molar-refractivity contribution < 1.29 is 8.42 Å². The van der Waals surface area contributed by atoms with Crippen LogP contribution in [0.2, 0.25) is 0 Å². The number of rotatable bonds is 5. The molecule has 0 aliphatic rings. The van der Waals surface area contributed by atoms with E-state index in [4.69, 9.17) is 5.73 Å². The van der Waals surface area contributed by atoms with Gasteiger partial charge in [0.05, 0.1) is 16.5 Å². The van der Waals surface area contributed by atoms with Crippen LogP contribution in [0.3, 0.4) is 0 Å². The second-order valence-corrected chi connectivity index (χ2v) is 7.03. The first kappa shape index (κ1) is 16.1. The molecule has 0 bridgehead atoms. The Morgan fingerprint density at radius 1 is 1.21 bits per heavy atom. The van der Waals surface area contributed by atoms with E-state index in [0.29, 0.717) is 29.3 Å². The minimum absolute atomic E-state index is 0.213. The van der Waals surface area contributed by atoms with Gasteiger partial charge in [0.2, 0.25) is 16.0 Å². The molecule has 0 fully saturated rings. The molecule has 2 aromatic heterocycles. The lowest BCUT2D eigenvalue weighted by molar-refractivity contribution is 0.588. The van der Waals surface area contributed by atoms with Gasteiger partial charge in [-0.05, 0) is 24.7 Å². The van der Waals surface area contributed by atoms with E-state index in [9.17, 15) is 8.42 Å². The van der Waals surface area contributed by atoms with E-state index in [2.05, 4.69) is 25.1 Å². The number of nitrogens with one attached hydrogen (secondary N) is 2. The molecular weight excluding hydrogens is 330 g/mol. The highest BCUT2D eigenvalue weighted by Gasteiger charge is 2.11. The van der Waals surface area contributed by atoms with Gasteiger partial charge in [0.25, 0.3) is 0 Å². The summed E-state index contributed by atoms with van der Waals surface area (Å²) in [6.45, 7) is 0.433. The highest BCUT2D eigenvalue weighted by Crippen LogP contribution is 2.19. The van der Waals surface area contributed by atoms with Crippen molar-refractivity contribution in [1.82, 2.24) is 24.5 Å². The van der Waals surface area contributed by atoms with Gasteiger partial charge in [0.15, 0.2) is 5.65 Å². The second kappa shape index (κ2) is 6.06. The fraction of sp³-hybridized carbons (Fsp3) is 0.214. The summed E-state index contributed by atoms with van der Waals surface area (Å²) in [5.74, 6) is 0.738. The first-order valence-corrected chi connectivity index (χ1v) is 8.60. The maximum Gasteiger partial charge on any atom is 0.240 e. The smallest absolute Gasteiger partial charge is 0.240 e. The third-order valence-corrected chi connectivity index (χ3v) is 5.00. The van der Waals surface area contributed by atoms with Crippen molar-refractivity contribution in [2.24, 2.45) is 7.05 Å². The molecule has 4 N–H and O–H groups in total. The van der Waals surface area contributed by atoms with Crippen LogP contribution in [-0.2, 0) is 23.6 Å². The number of aryl methyl sites for hydroxylation is 1. The molecule has 0 radical (unpaired) electrons. The molecule has 1 aromatic carbocycles. The average molecular weight is 347 g/mol. The van der Waals surface area contributed by atoms with Crippen molar-refractivity contribution >= 4 is 32.8 Å². The number of hydrogen-bond acceptors (Lipinski definition) is 7. The Balaban J connectivity index is 1.77. The molecule has 126 valence electrons. The van der Waals surface area contributed by atoms with Gasteiger partial charge in [-0.2, -0.15) is 15.1 Å². The van der Waals surface area contributed by atoms with Gasteiger partial charge >= 0.3 is 0 Å². The van der Waals surface area contributed by atoms with Gasteiger partial charge in [-0.3, -0.25) is 4.68 Å². The molecular formula is C14H17N7O2S. The van der Waals surface area contributed by atoms with E-state index >= 15 is 0 Å². The van der Waals surface area contributed by atoms with Gasteiger partial charge < -0.3 is 11.1 Å². The highest BCUT2D eigenvalue weighted by molar-refractivity contribution is 7.89. The maximum atomic E-state index is 11.7. The number of benzene rings is 1. The van der Waals surface area contributed by atoms with E-state index in [0.717, 1.165) is 5.56 Å². The zero-order chi connectivity index (χ0) is 17.3. The van der Waals surface area contributed by atoms with E-state index in [-0.39, 0.29) is 4.90 Å². The summed E-state index contributed by atoms with van der Waals surface area (Å²) in [5, 5.41) is 7.87. The molecule has 3 rings (SSSR count). The molecule has 0 amide bonds. The molecule has 0 aliphatic carbocycles. The molecule has 3 aromatic rings. The second-order valence-electron chi connectivity index (χ2n) is 5.14. The van der Waals surface area contributed by atoms with Crippen LogP contribution in [0.25, 0.3) is 11.0 Å². The Hall–Kier alpha value is -2.72. The number of anilines is 2. The number of nitrogen functional groups attached to an aromatic ring is 1. The summed E-state index contributed by atoms with van der Waals surface area (Å²) >= 11 is 0. The van der Waals surface area contributed by atoms with Crippen LogP contribution in [-0.4, -0.2) is 35.2 Å². The Labute approximate surface area is 139 Å². The van der Waals surface area contributed by atoms with E-state index in [1.165, 1.54) is 7.05 Å². The van der Waals surface area contributed by atoms with Crippen LogP contribution in [0, 0.1) is 0 Å². The molecule has 0 atom stereocenters. The van der Waals surface area contributed by atoms with Crippen LogP contribution < -0.4 is 15.8 Å². The number of nitrogens with zero attached hydrogens (tertiary/aromatic N) is 4. The highest BCUT2D eigenvalue weighted by atomic mass is 32.2. The quantitative estimate of drug-likeness (QED) is 0.612. The Morgan fingerprint density at radius 3 is 2.58 bits per heavy atom. The summed E-state index contributed by atoms with van der Waals surface area (Å²) in [6, 6.07) is 6.54. The number of nitrogens with two attached hydrogens (primary N) is 1. The van der Waals surface area contributed by atoms with Crippen LogP contribution in [0.5, 0.6) is 0 Å². The number of aromatic nitrogens is 4. The van der Waals surface area contributed by atoms with Crippen molar-refractivity contribution in [2.45, 2.75) is 11.4 Å². The Bertz CT molecular complexity index is 980. The third-order valence-electron chi connectivity index (χ3n) is 3.57. The van der Waals surface area contributed by atoms with Gasteiger partial charge in [0, 0.05) is 13.6 Å². The Morgan fingerprint density at radius 2 is 1.92 bits per heavy atom. The van der Waals surface area contributed by atoms with Crippen LogP contribution in [0.15, 0.2) is 35.4 Å². The van der Waals surface area contributed by atoms with E-state index in [1.54, 1.807) is 42.2 Å². The lowest BCUT2D eigenvalue weighted by Gasteiger charge is -2.08. The van der Waals surface area contributed by atoms with Crippen molar-refractivity contribution in [2.75, 3.05) is 18.1 Å². The number of sulfonamides is 1. The largest absolute Gasteiger partial charge is 0.383 e. The van der Waals surface area contributed by atoms with Crippen molar-refractivity contribution in [3.05, 3.63) is 36.0 Å². The maximum absolute atomic E-state index is 11.7. The van der Waals surface area contributed by atoms with Gasteiger partial charge in [-0.1, -0.05) is 12.1 Å². The van der Waals surface area contributed by atoms with Crippen LogP contribution in [0.4, 0.5) is 11.8 Å². The monoisotopic (exact) mass is 347 g/mol. The summed E-state index contributed by atoms with van der Waals surface area (Å²) in [6.07, 6.45) is 1.62. The van der Waals surface area contributed by atoms with E-state index < -0.39 is 10.0 Å². The molecule has 0 aliphatic heterocycles. The van der Waals surface area contributed by atoms with Crippen LogP contribution in [0.1, 0.15) is 5.56 Å². The molecule has 2 heterocycles. The minimum atomic E-state index is -3.43. The summed E-state index contributed by atoms with van der Waals surface area (Å²) < 4.78 is 27.3. The Kier molecular flexibility index (Phi) is 4.08. The topological polar surface area (TPSA) is 128 Å². The van der Waals surface area contributed by atoms with Crippen LogP contribution >= 0.6 is 0 Å². The number of fused-ring (bicyclic) bond motifs is 1. The van der Waals surface area contributed by atoms with Gasteiger partial charge in [-0.15, -0.1) is 0 Å². The summed E-state index contributed by atoms with van der Waals surface area (Å²) in [5.41, 5.74) is 7.43. The lowest BCUT2D eigenvalue weighted by atomic mass is 10.2. The van der Waals surface area contributed by atoms with E-state index in [1.807, 2.05) is 0 Å². The SMILES string of the molecule is CNS(=O)(=O)c1ccc(CNc2nc(N)c3cnn(C)c3n2)cc1. The molecule has 0 spiro atoms.